The van der Waals surface area contributed by atoms with Crippen LogP contribution in [0.4, 0.5) is 0 Å². The quantitative estimate of drug-likeness (QED) is 0.754. The molecule has 1 heterocycles. The molecule has 0 atom stereocenters. The Morgan fingerprint density at radius 2 is 2.27 bits per heavy atom. The molecule has 15 heavy (non-hydrogen) atoms. The molecule has 0 radical (unpaired) electrons. The minimum absolute atomic E-state index is 0.517. The zero-order chi connectivity index (χ0) is 11.3. The second-order valence-corrected chi connectivity index (χ2v) is 5.15. The summed E-state index contributed by atoms with van der Waals surface area (Å²) >= 11 is 9.25. The first-order valence-corrected chi connectivity index (χ1v) is 6.20. The van der Waals surface area contributed by atoms with Crippen molar-refractivity contribution in [1.82, 2.24) is 4.98 Å². The minimum atomic E-state index is 0.517. The highest BCUT2D eigenvalue weighted by Crippen LogP contribution is 2.24. The molecule has 0 spiro atoms. The van der Waals surface area contributed by atoms with Crippen LogP contribution in [0.2, 0.25) is 5.02 Å². The lowest BCUT2D eigenvalue weighted by atomic mass is 10.1. The molecule has 1 aromatic rings. The largest absolute Gasteiger partial charge is 0.477 e. The molecule has 4 heteroatoms. The number of ether oxygens (including phenoxy) is 1. The zero-order valence-electron chi connectivity index (χ0n) is 8.96. The third-order valence-electron chi connectivity index (χ3n) is 1.94. The van der Waals surface area contributed by atoms with Crippen molar-refractivity contribution in [2.75, 3.05) is 6.61 Å². The van der Waals surface area contributed by atoms with E-state index in [9.17, 15) is 0 Å². The van der Waals surface area contributed by atoms with Crippen molar-refractivity contribution in [3.63, 3.8) is 0 Å². The van der Waals surface area contributed by atoms with Gasteiger partial charge in [0.2, 0.25) is 5.88 Å². The van der Waals surface area contributed by atoms with E-state index in [1.165, 1.54) is 0 Å². The van der Waals surface area contributed by atoms with Crippen LogP contribution in [0.15, 0.2) is 16.7 Å². The van der Waals surface area contributed by atoms with Crippen molar-refractivity contribution in [2.24, 2.45) is 5.92 Å². The lowest BCUT2D eigenvalue weighted by Crippen LogP contribution is -2.01. The first kappa shape index (κ1) is 12.8. The summed E-state index contributed by atoms with van der Waals surface area (Å²) < 4.78 is 6.34. The maximum atomic E-state index is 5.95. The Kier molecular flexibility index (Phi) is 5.40. The number of halogens is 2. The highest BCUT2D eigenvalue weighted by atomic mass is 79.9. The van der Waals surface area contributed by atoms with Gasteiger partial charge in [-0.1, -0.05) is 25.4 Å². The summed E-state index contributed by atoms with van der Waals surface area (Å²) in [6, 6.07) is 1.78. The van der Waals surface area contributed by atoms with Crippen LogP contribution in [0, 0.1) is 5.92 Å². The molecule has 1 rings (SSSR count). The number of hydrogen-bond donors (Lipinski definition) is 0. The number of rotatable bonds is 5. The first-order chi connectivity index (χ1) is 7.09. The van der Waals surface area contributed by atoms with Crippen molar-refractivity contribution >= 4 is 27.5 Å². The van der Waals surface area contributed by atoms with Crippen LogP contribution in [0.25, 0.3) is 0 Å². The molecule has 0 aliphatic rings. The van der Waals surface area contributed by atoms with Crippen LogP contribution in [0.5, 0.6) is 5.88 Å². The first-order valence-electron chi connectivity index (χ1n) is 5.03. The molecule has 0 unspecified atom stereocenters. The zero-order valence-corrected chi connectivity index (χ0v) is 11.3. The molecular formula is C11H15BrClNO. The average Bonchev–Trinajstić information content (AvgIpc) is 2.14. The Balaban J connectivity index is 2.37. The molecule has 0 fully saturated rings. The standard InChI is InChI=1S/C11H15BrClNO/c1-8(2)4-3-5-15-11-10(13)6-9(12)7-14-11/h6-8H,3-5H2,1-2H3. The van der Waals surface area contributed by atoms with E-state index in [0.29, 0.717) is 23.4 Å². The van der Waals surface area contributed by atoms with Crippen LogP contribution in [-0.4, -0.2) is 11.6 Å². The van der Waals surface area contributed by atoms with E-state index in [2.05, 4.69) is 34.8 Å². The topological polar surface area (TPSA) is 22.1 Å². The highest BCUT2D eigenvalue weighted by Gasteiger charge is 2.03. The predicted octanol–water partition coefficient (Wildman–Crippen LogP) is 4.31. The lowest BCUT2D eigenvalue weighted by molar-refractivity contribution is 0.287. The normalized spacial score (nSPS) is 10.7. The second kappa shape index (κ2) is 6.33. The van der Waals surface area contributed by atoms with Crippen molar-refractivity contribution in [1.29, 1.82) is 0 Å². The van der Waals surface area contributed by atoms with Gasteiger partial charge in [0.1, 0.15) is 5.02 Å². The molecule has 84 valence electrons. The molecule has 0 saturated carbocycles. The summed E-state index contributed by atoms with van der Waals surface area (Å²) in [6.07, 6.45) is 3.88. The Morgan fingerprint density at radius 1 is 1.53 bits per heavy atom. The van der Waals surface area contributed by atoms with E-state index in [1.807, 2.05) is 0 Å². The van der Waals surface area contributed by atoms with Gasteiger partial charge in [-0.3, -0.25) is 0 Å². The SMILES string of the molecule is CC(C)CCCOc1ncc(Br)cc1Cl. The van der Waals surface area contributed by atoms with Crippen LogP contribution in [-0.2, 0) is 0 Å². The average molecular weight is 293 g/mol. The van der Waals surface area contributed by atoms with E-state index in [-0.39, 0.29) is 0 Å². The maximum absolute atomic E-state index is 5.95. The van der Waals surface area contributed by atoms with Crippen molar-refractivity contribution in [3.05, 3.63) is 21.8 Å². The molecule has 0 aliphatic heterocycles. The number of nitrogens with zero attached hydrogens (tertiary/aromatic N) is 1. The van der Waals surface area contributed by atoms with Crippen molar-refractivity contribution in [2.45, 2.75) is 26.7 Å². The summed E-state index contributed by atoms with van der Waals surface area (Å²) in [5, 5.41) is 0.550. The van der Waals surface area contributed by atoms with Crippen molar-refractivity contribution < 1.29 is 4.74 Å². The number of pyridine rings is 1. The van der Waals surface area contributed by atoms with E-state index in [4.69, 9.17) is 16.3 Å². The van der Waals surface area contributed by atoms with Crippen molar-refractivity contribution in [3.8, 4) is 5.88 Å². The maximum Gasteiger partial charge on any atom is 0.232 e. The summed E-state index contributed by atoms with van der Waals surface area (Å²) in [5.74, 6) is 1.23. The van der Waals surface area contributed by atoms with Gasteiger partial charge in [0.15, 0.2) is 0 Å². The third kappa shape index (κ3) is 4.85. The Morgan fingerprint density at radius 3 is 2.87 bits per heavy atom. The van der Waals surface area contributed by atoms with Gasteiger partial charge in [-0.15, -0.1) is 0 Å². The summed E-state index contributed by atoms with van der Waals surface area (Å²) in [4.78, 5) is 4.09. The Bertz CT molecular complexity index is 317. The highest BCUT2D eigenvalue weighted by molar-refractivity contribution is 9.10. The van der Waals surface area contributed by atoms with Crippen LogP contribution in [0.1, 0.15) is 26.7 Å². The van der Waals surface area contributed by atoms with Gasteiger partial charge in [0.25, 0.3) is 0 Å². The molecule has 0 aliphatic carbocycles. The van der Waals surface area contributed by atoms with Gasteiger partial charge in [-0.25, -0.2) is 4.98 Å². The van der Waals surface area contributed by atoms with E-state index < -0.39 is 0 Å². The Labute approximate surface area is 104 Å². The van der Waals surface area contributed by atoms with E-state index in [1.54, 1.807) is 12.3 Å². The van der Waals surface area contributed by atoms with Gasteiger partial charge in [-0.2, -0.15) is 0 Å². The molecule has 0 aromatic carbocycles. The second-order valence-electron chi connectivity index (χ2n) is 3.83. The lowest BCUT2D eigenvalue weighted by Gasteiger charge is -2.08. The van der Waals surface area contributed by atoms with Gasteiger partial charge in [-0.05, 0) is 40.8 Å². The summed E-state index contributed by atoms with van der Waals surface area (Å²) in [5.41, 5.74) is 0. The minimum Gasteiger partial charge on any atom is -0.477 e. The van der Waals surface area contributed by atoms with Gasteiger partial charge in [0.05, 0.1) is 6.61 Å². The molecular weight excluding hydrogens is 277 g/mol. The van der Waals surface area contributed by atoms with Gasteiger partial charge >= 0.3 is 0 Å². The summed E-state index contributed by atoms with van der Waals surface area (Å²) in [7, 11) is 0. The Hall–Kier alpha value is -0.280. The molecule has 1 aromatic heterocycles. The fourth-order valence-corrected chi connectivity index (χ4v) is 1.85. The summed E-state index contributed by atoms with van der Waals surface area (Å²) in [6.45, 7) is 5.07. The van der Waals surface area contributed by atoms with Gasteiger partial charge < -0.3 is 4.74 Å². The number of hydrogen-bond acceptors (Lipinski definition) is 2. The van der Waals surface area contributed by atoms with Crippen LogP contribution < -0.4 is 4.74 Å². The van der Waals surface area contributed by atoms with E-state index in [0.717, 1.165) is 17.3 Å². The smallest absolute Gasteiger partial charge is 0.232 e. The fraction of sp³-hybridized carbons (Fsp3) is 0.545. The molecule has 0 saturated heterocycles. The molecule has 0 bridgehead atoms. The third-order valence-corrected chi connectivity index (χ3v) is 2.64. The predicted molar refractivity (Wildman–Crippen MR) is 66.5 cm³/mol. The fourth-order valence-electron chi connectivity index (χ4n) is 1.17. The molecule has 2 nitrogen and oxygen atoms in total. The molecule has 0 N–H and O–H groups in total. The van der Waals surface area contributed by atoms with Crippen LogP contribution >= 0.6 is 27.5 Å². The number of aromatic nitrogens is 1. The van der Waals surface area contributed by atoms with Crippen LogP contribution in [0.3, 0.4) is 0 Å². The molecule has 0 amide bonds. The van der Waals surface area contributed by atoms with E-state index >= 15 is 0 Å². The van der Waals surface area contributed by atoms with Gasteiger partial charge in [0, 0.05) is 10.7 Å². The monoisotopic (exact) mass is 291 g/mol.